The second-order valence-corrected chi connectivity index (χ2v) is 4.91. The number of aromatic amines is 1. The Morgan fingerprint density at radius 2 is 2.06 bits per heavy atom. The quantitative estimate of drug-likeness (QED) is 0.694. The highest BCUT2D eigenvalue weighted by atomic mass is 16.3. The van der Waals surface area contributed by atoms with E-state index in [-0.39, 0.29) is 12.1 Å². The third-order valence-corrected chi connectivity index (χ3v) is 3.68. The van der Waals surface area contributed by atoms with E-state index in [4.69, 9.17) is 0 Å². The van der Waals surface area contributed by atoms with E-state index in [0.29, 0.717) is 12.5 Å². The first-order valence-corrected chi connectivity index (χ1v) is 6.16. The molecule has 5 nitrogen and oxygen atoms in total. The van der Waals surface area contributed by atoms with Crippen molar-refractivity contribution in [2.24, 2.45) is 0 Å². The number of nitrogens with one attached hydrogen (secondary N) is 2. The fraction of sp³-hybridized carbons (Fsp3) is 0.818. The lowest BCUT2D eigenvalue weighted by molar-refractivity contribution is 0.193. The third-order valence-electron chi connectivity index (χ3n) is 3.68. The molecule has 2 aliphatic rings. The number of aromatic nitrogens is 3. The molecule has 2 atom stereocenters. The average Bonchev–Trinajstić information content (AvgIpc) is 2.97. The zero-order valence-electron chi connectivity index (χ0n) is 9.32. The molecule has 2 heterocycles. The van der Waals surface area contributed by atoms with Gasteiger partial charge >= 0.3 is 0 Å². The number of β-amino-alcohol motifs (C(OH)–C–C–N with tert-alkyl or cyclic N) is 1. The summed E-state index contributed by atoms with van der Waals surface area (Å²) in [6, 6.07) is 0.151. The predicted octanol–water partition coefficient (Wildman–Crippen LogP) is 0.858. The van der Waals surface area contributed by atoms with Crippen molar-refractivity contribution in [3.8, 4) is 0 Å². The van der Waals surface area contributed by atoms with Crippen LogP contribution in [0, 0.1) is 0 Å². The highest BCUT2D eigenvalue weighted by Crippen LogP contribution is 2.32. The molecular weight excluding hydrogens is 204 g/mol. The van der Waals surface area contributed by atoms with Crippen LogP contribution in [0.25, 0.3) is 0 Å². The van der Waals surface area contributed by atoms with Crippen molar-refractivity contribution in [1.29, 1.82) is 0 Å². The van der Waals surface area contributed by atoms with Gasteiger partial charge in [-0.2, -0.15) is 5.10 Å². The SMILES string of the molecule is O[C@H]1CN[C@H](c2nc(C3CCCC3)n[nH]2)C1. The summed E-state index contributed by atoms with van der Waals surface area (Å²) < 4.78 is 0. The second-order valence-electron chi connectivity index (χ2n) is 4.91. The molecule has 1 aromatic heterocycles. The van der Waals surface area contributed by atoms with E-state index >= 15 is 0 Å². The minimum Gasteiger partial charge on any atom is -0.392 e. The number of hydrogen-bond acceptors (Lipinski definition) is 4. The van der Waals surface area contributed by atoms with Crippen LogP contribution in [0.2, 0.25) is 0 Å². The molecule has 3 N–H and O–H groups in total. The first-order chi connectivity index (χ1) is 7.83. The molecule has 0 amide bonds. The van der Waals surface area contributed by atoms with E-state index < -0.39 is 0 Å². The fourth-order valence-electron chi connectivity index (χ4n) is 2.74. The van der Waals surface area contributed by atoms with Crippen molar-refractivity contribution in [3.63, 3.8) is 0 Å². The van der Waals surface area contributed by atoms with Crippen molar-refractivity contribution < 1.29 is 5.11 Å². The van der Waals surface area contributed by atoms with Gasteiger partial charge in [0.1, 0.15) is 5.82 Å². The van der Waals surface area contributed by atoms with Crippen LogP contribution in [0.5, 0.6) is 0 Å². The number of H-pyrrole nitrogens is 1. The Morgan fingerprint density at radius 3 is 2.75 bits per heavy atom. The number of aliphatic hydroxyl groups excluding tert-OH is 1. The number of nitrogens with zero attached hydrogens (tertiary/aromatic N) is 2. The van der Waals surface area contributed by atoms with Crippen molar-refractivity contribution in [2.75, 3.05) is 6.54 Å². The van der Waals surface area contributed by atoms with Crippen molar-refractivity contribution >= 4 is 0 Å². The Labute approximate surface area is 94.7 Å². The molecule has 1 saturated heterocycles. The van der Waals surface area contributed by atoms with Gasteiger partial charge < -0.3 is 10.4 Å². The molecule has 16 heavy (non-hydrogen) atoms. The molecule has 2 fully saturated rings. The average molecular weight is 222 g/mol. The Hall–Kier alpha value is -0.940. The Kier molecular flexibility index (Phi) is 2.65. The first kappa shape index (κ1) is 10.2. The summed E-state index contributed by atoms with van der Waals surface area (Å²) in [7, 11) is 0. The minimum atomic E-state index is -0.245. The standard InChI is InChI=1S/C11H18N4O/c16-8-5-9(12-6-8)11-13-10(14-15-11)7-3-1-2-4-7/h7-9,12,16H,1-6H2,(H,13,14,15)/t8-,9+/m1/s1. The van der Waals surface area contributed by atoms with Gasteiger partial charge in [0.05, 0.1) is 12.1 Å². The van der Waals surface area contributed by atoms with Gasteiger partial charge in [-0.05, 0) is 19.3 Å². The third kappa shape index (κ3) is 1.85. The first-order valence-electron chi connectivity index (χ1n) is 6.16. The Balaban J connectivity index is 1.72. The van der Waals surface area contributed by atoms with Gasteiger partial charge in [0.2, 0.25) is 0 Å². The van der Waals surface area contributed by atoms with Gasteiger partial charge in [-0.1, -0.05) is 12.8 Å². The van der Waals surface area contributed by atoms with Crippen LogP contribution in [-0.2, 0) is 0 Å². The highest BCUT2D eigenvalue weighted by Gasteiger charge is 2.28. The number of aliphatic hydroxyl groups is 1. The van der Waals surface area contributed by atoms with E-state index in [1.807, 2.05) is 0 Å². The summed E-state index contributed by atoms with van der Waals surface area (Å²) in [6.45, 7) is 0.657. The topological polar surface area (TPSA) is 73.8 Å². The summed E-state index contributed by atoms with van der Waals surface area (Å²) in [5.41, 5.74) is 0. The molecule has 0 bridgehead atoms. The molecule has 1 aliphatic carbocycles. The van der Waals surface area contributed by atoms with E-state index in [1.165, 1.54) is 25.7 Å². The van der Waals surface area contributed by atoms with Gasteiger partial charge in [-0.15, -0.1) is 0 Å². The van der Waals surface area contributed by atoms with Crippen LogP contribution in [0.3, 0.4) is 0 Å². The summed E-state index contributed by atoms with van der Waals surface area (Å²) in [5.74, 6) is 2.41. The molecule has 3 rings (SSSR count). The monoisotopic (exact) mass is 222 g/mol. The summed E-state index contributed by atoms with van der Waals surface area (Å²) in [4.78, 5) is 4.57. The zero-order chi connectivity index (χ0) is 11.0. The normalized spacial score (nSPS) is 31.3. The molecular formula is C11H18N4O. The Morgan fingerprint density at radius 1 is 1.25 bits per heavy atom. The maximum Gasteiger partial charge on any atom is 0.153 e. The molecule has 0 radical (unpaired) electrons. The van der Waals surface area contributed by atoms with Crippen LogP contribution in [0.15, 0.2) is 0 Å². The van der Waals surface area contributed by atoms with E-state index in [0.717, 1.165) is 18.1 Å². The largest absolute Gasteiger partial charge is 0.392 e. The number of hydrogen-bond donors (Lipinski definition) is 3. The van der Waals surface area contributed by atoms with Crippen LogP contribution in [-0.4, -0.2) is 32.9 Å². The smallest absolute Gasteiger partial charge is 0.153 e. The van der Waals surface area contributed by atoms with Gasteiger partial charge in [0.25, 0.3) is 0 Å². The predicted molar refractivity (Wildman–Crippen MR) is 59.0 cm³/mol. The van der Waals surface area contributed by atoms with Gasteiger partial charge in [-0.25, -0.2) is 4.98 Å². The van der Waals surface area contributed by atoms with Crippen molar-refractivity contribution in [2.45, 2.75) is 50.2 Å². The molecule has 1 saturated carbocycles. The van der Waals surface area contributed by atoms with Crippen LogP contribution >= 0.6 is 0 Å². The lowest BCUT2D eigenvalue weighted by Crippen LogP contribution is -2.15. The van der Waals surface area contributed by atoms with Crippen LogP contribution < -0.4 is 5.32 Å². The maximum atomic E-state index is 9.45. The summed E-state index contributed by atoms with van der Waals surface area (Å²) in [5, 5.41) is 20.0. The molecule has 5 heteroatoms. The molecule has 1 aromatic rings. The van der Waals surface area contributed by atoms with E-state index in [9.17, 15) is 5.11 Å². The van der Waals surface area contributed by atoms with Crippen molar-refractivity contribution in [1.82, 2.24) is 20.5 Å². The van der Waals surface area contributed by atoms with Gasteiger partial charge in [0.15, 0.2) is 5.82 Å². The molecule has 1 aliphatic heterocycles. The zero-order valence-corrected chi connectivity index (χ0v) is 9.32. The second kappa shape index (κ2) is 4.14. The number of rotatable bonds is 2. The van der Waals surface area contributed by atoms with Gasteiger partial charge in [0, 0.05) is 12.5 Å². The van der Waals surface area contributed by atoms with E-state index in [1.54, 1.807) is 0 Å². The summed E-state index contributed by atoms with van der Waals surface area (Å²) in [6.07, 6.45) is 5.53. The van der Waals surface area contributed by atoms with Crippen LogP contribution in [0.4, 0.5) is 0 Å². The molecule has 0 unspecified atom stereocenters. The lowest BCUT2D eigenvalue weighted by Gasteiger charge is -2.05. The highest BCUT2D eigenvalue weighted by molar-refractivity contribution is 5.05. The van der Waals surface area contributed by atoms with Crippen molar-refractivity contribution in [3.05, 3.63) is 11.6 Å². The maximum absolute atomic E-state index is 9.45. The molecule has 0 aromatic carbocycles. The van der Waals surface area contributed by atoms with Gasteiger partial charge in [-0.3, -0.25) is 5.10 Å². The molecule has 0 spiro atoms. The summed E-state index contributed by atoms with van der Waals surface area (Å²) >= 11 is 0. The van der Waals surface area contributed by atoms with Crippen LogP contribution in [0.1, 0.15) is 55.7 Å². The fourth-order valence-corrected chi connectivity index (χ4v) is 2.74. The van der Waals surface area contributed by atoms with E-state index in [2.05, 4.69) is 20.5 Å². The Bertz CT molecular complexity index is 359. The molecule has 88 valence electrons. The lowest BCUT2D eigenvalue weighted by atomic mass is 10.1. The minimum absolute atomic E-state index is 0.151.